The molecule has 3 rings (SSSR count). The first-order valence-electron chi connectivity index (χ1n) is 6.89. The van der Waals surface area contributed by atoms with Crippen LogP contribution in [-0.4, -0.2) is 20.5 Å². The van der Waals surface area contributed by atoms with Crippen LogP contribution in [0.4, 0.5) is 0 Å². The Morgan fingerprint density at radius 1 is 1.33 bits per heavy atom. The molecule has 0 radical (unpaired) electrons. The lowest BCUT2D eigenvalue weighted by Gasteiger charge is -2.07. The molecule has 2 aromatic heterocycles. The molecular formula is C15H12ClN3O3S2. The van der Waals surface area contributed by atoms with Crippen molar-refractivity contribution in [2.75, 3.05) is 0 Å². The first kappa shape index (κ1) is 16.8. The number of benzene rings is 1. The van der Waals surface area contributed by atoms with Gasteiger partial charge >= 0.3 is 5.97 Å². The fraction of sp³-hybridized carbons (Fsp3) is 0.200. The topological polar surface area (TPSA) is 74.2 Å². The second-order valence-electron chi connectivity index (χ2n) is 4.74. The molecule has 9 heteroatoms. The van der Waals surface area contributed by atoms with Gasteiger partial charge in [-0.05, 0) is 25.1 Å². The summed E-state index contributed by atoms with van der Waals surface area (Å²) in [4.78, 5) is 16.4. The van der Waals surface area contributed by atoms with Crippen molar-refractivity contribution in [3.63, 3.8) is 0 Å². The van der Waals surface area contributed by atoms with E-state index in [2.05, 4.69) is 14.6 Å². The van der Waals surface area contributed by atoms with E-state index in [-0.39, 0.29) is 6.61 Å². The monoisotopic (exact) mass is 381 g/mol. The Hall–Kier alpha value is -2.03. The Morgan fingerprint density at radius 2 is 2.21 bits per heavy atom. The predicted molar refractivity (Wildman–Crippen MR) is 91.7 cm³/mol. The lowest BCUT2D eigenvalue weighted by atomic mass is 10.2. The van der Waals surface area contributed by atoms with Gasteiger partial charge in [-0.1, -0.05) is 22.2 Å². The number of aryl methyl sites for hydroxylation is 1. The molecule has 0 spiro atoms. The van der Waals surface area contributed by atoms with Gasteiger partial charge in [-0.3, -0.25) is 0 Å². The van der Waals surface area contributed by atoms with Gasteiger partial charge in [0.15, 0.2) is 0 Å². The van der Waals surface area contributed by atoms with Crippen LogP contribution in [0, 0.1) is 6.92 Å². The van der Waals surface area contributed by atoms with Gasteiger partial charge in [0.2, 0.25) is 0 Å². The zero-order valence-electron chi connectivity index (χ0n) is 12.6. The van der Waals surface area contributed by atoms with E-state index < -0.39 is 5.97 Å². The largest absolute Gasteiger partial charge is 0.487 e. The average Bonchev–Trinajstić information content (AvgIpc) is 3.19. The highest BCUT2D eigenvalue weighted by atomic mass is 35.5. The van der Waals surface area contributed by atoms with Crippen LogP contribution in [0.5, 0.6) is 5.75 Å². The van der Waals surface area contributed by atoms with Crippen LogP contribution in [0.3, 0.4) is 0 Å². The summed E-state index contributed by atoms with van der Waals surface area (Å²) in [7, 11) is 0. The van der Waals surface area contributed by atoms with Crippen molar-refractivity contribution in [1.29, 1.82) is 0 Å². The molecule has 0 unspecified atom stereocenters. The van der Waals surface area contributed by atoms with Crippen molar-refractivity contribution in [2.45, 2.75) is 20.1 Å². The number of nitrogens with zero attached hydrogens (tertiary/aromatic N) is 3. The van der Waals surface area contributed by atoms with Gasteiger partial charge in [-0.2, -0.15) is 0 Å². The maximum Gasteiger partial charge on any atom is 0.338 e. The first-order chi connectivity index (χ1) is 11.6. The third-order valence-corrected chi connectivity index (χ3v) is 4.78. The molecule has 6 nitrogen and oxygen atoms in total. The number of ether oxygens (including phenoxy) is 2. The Labute approximate surface area is 151 Å². The number of thiazole rings is 1. The van der Waals surface area contributed by atoms with Crippen molar-refractivity contribution < 1.29 is 14.3 Å². The SMILES string of the molecule is Cc1nc(COc2cccc(C(=O)OCc3nnsc3Cl)c2)cs1. The minimum Gasteiger partial charge on any atom is -0.487 e. The number of hydrogen-bond donors (Lipinski definition) is 0. The third-order valence-electron chi connectivity index (χ3n) is 2.97. The van der Waals surface area contributed by atoms with Crippen molar-refractivity contribution in [1.82, 2.24) is 14.6 Å². The quantitative estimate of drug-likeness (QED) is 0.603. The molecule has 1 aromatic carbocycles. The summed E-state index contributed by atoms with van der Waals surface area (Å²) >= 11 is 8.49. The maximum absolute atomic E-state index is 12.1. The highest BCUT2D eigenvalue weighted by Crippen LogP contribution is 2.20. The maximum atomic E-state index is 12.1. The summed E-state index contributed by atoms with van der Waals surface area (Å²) in [5.41, 5.74) is 1.69. The summed E-state index contributed by atoms with van der Waals surface area (Å²) in [6, 6.07) is 6.79. The molecular weight excluding hydrogens is 370 g/mol. The average molecular weight is 382 g/mol. The van der Waals surface area contributed by atoms with Crippen molar-refractivity contribution in [3.8, 4) is 5.75 Å². The number of halogens is 1. The smallest absolute Gasteiger partial charge is 0.338 e. The van der Waals surface area contributed by atoms with Crippen LogP contribution in [-0.2, 0) is 18.0 Å². The lowest BCUT2D eigenvalue weighted by molar-refractivity contribution is 0.0467. The summed E-state index contributed by atoms with van der Waals surface area (Å²) in [5.74, 6) is 0.0949. The number of carbonyl (C=O) groups excluding carboxylic acids is 1. The van der Waals surface area contributed by atoms with Crippen LogP contribution >= 0.6 is 34.5 Å². The molecule has 0 saturated heterocycles. The Bertz CT molecular complexity index is 850. The van der Waals surface area contributed by atoms with E-state index in [0.29, 0.717) is 28.0 Å². The van der Waals surface area contributed by atoms with Gasteiger partial charge in [0, 0.05) is 16.9 Å². The fourth-order valence-corrected chi connectivity index (χ4v) is 3.04. The van der Waals surface area contributed by atoms with Crippen molar-refractivity contribution >= 4 is 40.4 Å². The molecule has 124 valence electrons. The normalized spacial score (nSPS) is 10.6. The molecule has 0 amide bonds. The molecule has 0 aliphatic rings. The van der Waals surface area contributed by atoms with E-state index >= 15 is 0 Å². The second-order valence-corrected chi connectivity index (χ2v) is 7.16. The number of aromatic nitrogens is 3. The molecule has 0 fully saturated rings. The zero-order valence-corrected chi connectivity index (χ0v) is 15.0. The minimum absolute atomic E-state index is 0.0165. The van der Waals surface area contributed by atoms with E-state index in [1.54, 1.807) is 35.6 Å². The highest BCUT2D eigenvalue weighted by Gasteiger charge is 2.12. The van der Waals surface area contributed by atoms with Crippen molar-refractivity contribution in [3.05, 3.63) is 55.9 Å². The van der Waals surface area contributed by atoms with E-state index in [0.717, 1.165) is 22.2 Å². The Kier molecular flexibility index (Phi) is 5.39. The van der Waals surface area contributed by atoms with E-state index in [4.69, 9.17) is 21.1 Å². The molecule has 3 aromatic rings. The summed E-state index contributed by atoms with van der Waals surface area (Å²) in [6.07, 6.45) is 0. The molecule has 24 heavy (non-hydrogen) atoms. The Balaban J connectivity index is 1.59. The van der Waals surface area contributed by atoms with Crippen LogP contribution in [0.1, 0.15) is 26.8 Å². The van der Waals surface area contributed by atoms with Crippen molar-refractivity contribution in [2.24, 2.45) is 0 Å². The van der Waals surface area contributed by atoms with Gasteiger partial charge in [0.05, 0.1) is 16.3 Å². The standard InChI is InChI=1S/C15H12ClN3O3S2/c1-9-17-11(8-23-9)6-21-12-4-2-3-10(5-12)15(20)22-7-13-14(16)24-19-18-13/h2-5,8H,6-7H2,1H3. The summed E-state index contributed by atoms with van der Waals surface area (Å²) < 4.78 is 14.9. The van der Waals surface area contributed by atoms with Crippen LogP contribution in [0.25, 0.3) is 0 Å². The molecule has 0 N–H and O–H groups in total. The minimum atomic E-state index is -0.478. The molecule has 2 heterocycles. The van der Waals surface area contributed by atoms with Gasteiger partial charge < -0.3 is 9.47 Å². The van der Waals surface area contributed by atoms with Crippen LogP contribution in [0.2, 0.25) is 4.34 Å². The number of carbonyl (C=O) groups is 1. The Morgan fingerprint density at radius 3 is 2.92 bits per heavy atom. The highest BCUT2D eigenvalue weighted by molar-refractivity contribution is 7.10. The molecule has 0 bridgehead atoms. The van der Waals surface area contributed by atoms with E-state index in [1.807, 2.05) is 12.3 Å². The number of hydrogen-bond acceptors (Lipinski definition) is 8. The molecule has 0 aliphatic heterocycles. The summed E-state index contributed by atoms with van der Waals surface area (Å²) in [6.45, 7) is 2.27. The number of rotatable bonds is 6. The van der Waals surface area contributed by atoms with E-state index in [9.17, 15) is 4.79 Å². The third kappa shape index (κ3) is 4.28. The van der Waals surface area contributed by atoms with E-state index in [1.165, 1.54) is 0 Å². The second kappa shape index (κ2) is 7.69. The molecule has 0 atom stereocenters. The number of esters is 1. The summed E-state index contributed by atoms with van der Waals surface area (Å²) in [5, 5.41) is 6.72. The zero-order chi connectivity index (χ0) is 16.9. The fourth-order valence-electron chi connectivity index (χ4n) is 1.85. The van der Waals surface area contributed by atoms with Crippen LogP contribution in [0.15, 0.2) is 29.6 Å². The molecule has 0 aliphatic carbocycles. The van der Waals surface area contributed by atoms with Crippen LogP contribution < -0.4 is 4.74 Å². The van der Waals surface area contributed by atoms with Gasteiger partial charge in [0.1, 0.15) is 29.0 Å². The first-order valence-corrected chi connectivity index (χ1v) is 8.92. The van der Waals surface area contributed by atoms with Gasteiger partial charge in [-0.15, -0.1) is 16.4 Å². The van der Waals surface area contributed by atoms with Gasteiger partial charge in [0.25, 0.3) is 0 Å². The van der Waals surface area contributed by atoms with Gasteiger partial charge in [-0.25, -0.2) is 9.78 Å². The molecule has 0 saturated carbocycles. The lowest BCUT2D eigenvalue weighted by Crippen LogP contribution is -2.06. The predicted octanol–water partition coefficient (Wildman–Crippen LogP) is 3.89.